The van der Waals surface area contributed by atoms with Crippen LogP contribution < -0.4 is 15.6 Å². The summed E-state index contributed by atoms with van der Waals surface area (Å²) in [7, 11) is 1.56. The molecule has 122 valence electrons. The summed E-state index contributed by atoms with van der Waals surface area (Å²) in [6.45, 7) is 1.91. The minimum atomic E-state index is -0.225. The molecule has 0 saturated carbocycles. The Morgan fingerprint density at radius 3 is 2.54 bits per heavy atom. The van der Waals surface area contributed by atoms with Crippen LogP contribution in [-0.4, -0.2) is 18.0 Å². The van der Waals surface area contributed by atoms with E-state index in [1.807, 2.05) is 31.2 Å². The molecule has 2 N–H and O–H groups in total. The predicted molar refractivity (Wildman–Crippen MR) is 93.4 cm³/mol. The summed E-state index contributed by atoms with van der Waals surface area (Å²) in [5.74, 6) is 0.449. The highest BCUT2D eigenvalue weighted by Crippen LogP contribution is 2.29. The Labute approximate surface area is 139 Å². The van der Waals surface area contributed by atoms with E-state index in [2.05, 4.69) is 10.3 Å². The first-order valence-corrected chi connectivity index (χ1v) is 7.66. The fourth-order valence-electron chi connectivity index (χ4n) is 2.74. The number of ether oxygens (including phenoxy) is 1. The lowest BCUT2D eigenvalue weighted by Crippen LogP contribution is -2.26. The van der Waals surface area contributed by atoms with E-state index in [-0.39, 0.29) is 17.5 Å². The van der Waals surface area contributed by atoms with E-state index in [1.54, 1.807) is 31.4 Å². The molecule has 1 atom stereocenters. The smallest absolute Gasteiger partial charge is 0.251 e. The van der Waals surface area contributed by atoms with Crippen LogP contribution in [0.15, 0.2) is 59.4 Å². The molecule has 1 unspecified atom stereocenters. The zero-order valence-electron chi connectivity index (χ0n) is 13.5. The van der Waals surface area contributed by atoms with Crippen LogP contribution in [-0.2, 0) is 0 Å². The van der Waals surface area contributed by atoms with Crippen molar-refractivity contribution in [2.75, 3.05) is 7.11 Å². The first kappa shape index (κ1) is 15.8. The lowest BCUT2D eigenvalue weighted by Gasteiger charge is -2.17. The van der Waals surface area contributed by atoms with Gasteiger partial charge in [-0.3, -0.25) is 9.59 Å². The Morgan fingerprint density at radius 2 is 1.83 bits per heavy atom. The molecule has 0 spiro atoms. The van der Waals surface area contributed by atoms with Gasteiger partial charge in [0, 0.05) is 17.0 Å². The minimum Gasteiger partial charge on any atom is -0.495 e. The zero-order chi connectivity index (χ0) is 17.1. The largest absolute Gasteiger partial charge is 0.495 e. The van der Waals surface area contributed by atoms with Crippen LogP contribution in [0.1, 0.15) is 28.9 Å². The van der Waals surface area contributed by atoms with Crippen molar-refractivity contribution < 1.29 is 9.53 Å². The van der Waals surface area contributed by atoms with Gasteiger partial charge < -0.3 is 15.0 Å². The molecule has 24 heavy (non-hydrogen) atoms. The van der Waals surface area contributed by atoms with E-state index >= 15 is 0 Å². The lowest BCUT2D eigenvalue weighted by molar-refractivity contribution is 0.0940. The number of nitrogens with one attached hydrogen (secondary N) is 2. The summed E-state index contributed by atoms with van der Waals surface area (Å²) in [5.41, 5.74) is 1.95. The van der Waals surface area contributed by atoms with Crippen molar-refractivity contribution in [3.05, 3.63) is 76.1 Å². The third-order valence-electron chi connectivity index (χ3n) is 3.96. The first-order chi connectivity index (χ1) is 11.6. The van der Waals surface area contributed by atoms with E-state index in [0.29, 0.717) is 16.8 Å². The number of carbonyl (C=O) groups is 1. The molecule has 3 rings (SSSR count). The fraction of sp³-hybridized carbons (Fsp3) is 0.158. The molecule has 1 amide bonds. The summed E-state index contributed by atoms with van der Waals surface area (Å²) in [5, 5.41) is 3.83. The molecule has 0 aliphatic heterocycles. The summed E-state index contributed by atoms with van der Waals surface area (Å²) >= 11 is 0. The topological polar surface area (TPSA) is 71.2 Å². The molecule has 0 aliphatic carbocycles. The summed E-state index contributed by atoms with van der Waals surface area (Å²) in [4.78, 5) is 26.8. The number of fused-ring (bicyclic) bond motifs is 1. The van der Waals surface area contributed by atoms with Gasteiger partial charge in [0.25, 0.3) is 5.91 Å². The maximum atomic E-state index is 12.3. The number of hydrogen-bond acceptors (Lipinski definition) is 3. The number of hydrogen-bond donors (Lipinski definition) is 2. The van der Waals surface area contributed by atoms with Crippen molar-refractivity contribution in [1.82, 2.24) is 10.3 Å². The molecule has 5 nitrogen and oxygen atoms in total. The van der Waals surface area contributed by atoms with Crippen molar-refractivity contribution in [2.45, 2.75) is 13.0 Å². The van der Waals surface area contributed by atoms with Crippen LogP contribution >= 0.6 is 0 Å². The third-order valence-corrected chi connectivity index (χ3v) is 3.96. The zero-order valence-corrected chi connectivity index (χ0v) is 13.5. The Balaban J connectivity index is 1.97. The maximum Gasteiger partial charge on any atom is 0.251 e. The summed E-state index contributed by atoms with van der Waals surface area (Å²) < 4.78 is 5.31. The van der Waals surface area contributed by atoms with E-state index in [9.17, 15) is 9.59 Å². The Morgan fingerprint density at radius 1 is 1.08 bits per heavy atom. The highest BCUT2D eigenvalue weighted by atomic mass is 16.5. The molecular weight excluding hydrogens is 304 g/mol. The number of aromatic amines is 1. The van der Waals surface area contributed by atoms with Gasteiger partial charge in [0.05, 0.1) is 18.7 Å². The number of benzene rings is 2. The van der Waals surface area contributed by atoms with E-state index in [1.165, 1.54) is 6.07 Å². The van der Waals surface area contributed by atoms with Crippen LogP contribution in [0, 0.1) is 0 Å². The maximum absolute atomic E-state index is 12.3. The van der Waals surface area contributed by atoms with Crippen LogP contribution in [0.3, 0.4) is 0 Å². The van der Waals surface area contributed by atoms with Gasteiger partial charge in [0.1, 0.15) is 5.75 Å². The second-order valence-corrected chi connectivity index (χ2v) is 5.53. The van der Waals surface area contributed by atoms with Crippen LogP contribution in [0.5, 0.6) is 5.75 Å². The van der Waals surface area contributed by atoms with Crippen molar-refractivity contribution in [1.29, 1.82) is 0 Å². The monoisotopic (exact) mass is 322 g/mol. The second-order valence-electron chi connectivity index (χ2n) is 5.53. The number of carbonyl (C=O) groups excluding carboxylic acids is 1. The average molecular weight is 322 g/mol. The second kappa shape index (κ2) is 6.58. The van der Waals surface area contributed by atoms with Crippen molar-refractivity contribution in [2.24, 2.45) is 0 Å². The highest BCUT2D eigenvalue weighted by Gasteiger charge is 2.15. The van der Waals surface area contributed by atoms with Gasteiger partial charge in [-0.15, -0.1) is 0 Å². The molecule has 0 radical (unpaired) electrons. The Hall–Kier alpha value is -3.08. The van der Waals surface area contributed by atoms with Crippen LogP contribution in [0.25, 0.3) is 10.9 Å². The van der Waals surface area contributed by atoms with Crippen molar-refractivity contribution in [3.8, 4) is 5.75 Å². The SMILES string of the molecule is COc1ccc(C(C)NC(=O)c2ccccc2)c2ccc(=O)[nH]c12. The predicted octanol–water partition coefficient (Wildman–Crippen LogP) is 3.03. The molecular formula is C19H18N2O3. The number of pyridine rings is 1. The normalized spacial score (nSPS) is 11.9. The van der Waals surface area contributed by atoms with E-state index < -0.39 is 0 Å². The molecule has 0 saturated heterocycles. The Bertz CT molecular complexity index is 932. The molecule has 3 aromatic rings. The third kappa shape index (κ3) is 3.01. The van der Waals surface area contributed by atoms with Gasteiger partial charge >= 0.3 is 0 Å². The number of amides is 1. The highest BCUT2D eigenvalue weighted by molar-refractivity contribution is 5.95. The summed E-state index contributed by atoms with van der Waals surface area (Å²) in [6.07, 6.45) is 0. The fourth-order valence-corrected chi connectivity index (χ4v) is 2.74. The van der Waals surface area contributed by atoms with Crippen molar-refractivity contribution >= 4 is 16.8 Å². The number of aromatic nitrogens is 1. The molecule has 1 heterocycles. The molecule has 5 heteroatoms. The number of rotatable bonds is 4. The molecule has 0 bridgehead atoms. The standard InChI is InChI=1S/C19H18N2O3/c1-12(20-19(23)13-6-4-3-5-7-13)14-8-10-16(24-2)18-15(14)9-11-17(22)21-18/h3-12H,1-2H3,(H,20,23)(H,21,22). The number of methoxy groups -OCH3 is 1. The van der Waals surface area contributed by atoms with Gasteiger partial charge in [-0.05, 0) is 36.8 Å². The average Bonchev–Trinajstić information content (AvgIpc) is 2.61. The summed E-state index contributed by atoms with van der Waals surface area (Å²) in [6, 6.07) is 15.7. The van der Waals surface area contributed by atoms with Crippen molar-refractivity contribution in [3.63, 3.8) is 0 Å². The molecule has 0 aliphatic rings. The van der Waals surface area contributed by atoms with Gasteiger partial charge in [-0.2, -0.15) is 0 Å². The molecule has 1 aromatic heterocycles. The van der Waals surface area contributed by atoms with Gasteiger partial charge in [0.2, 0.25) is 5.56 Å². The minimum absolute atomic E-state index is 0.142. The Kier molecular flexibility index (Phi) is 4.33. The molecule has 2 aromatic carbocycles. The van der Waals surface area contributed by atoms with Gasteiger partial charge in [0.15, 0.2) is 0 Å². The lowest BCUT2D eigenvalue weighted by atomic mass is 10.0. The number of H-pyrrole nitrogens is 1. The van der Waals surface area contributed by atoms with Crippen LogP contribution in [0.4, 0.5) is 0 Å². The van der Waals surface area contributed by atoms with Gasteiger partial charge in [-0.25, -0.2) is 0 Å². The van der Waals surface area contributed by atoms with Crippen LogP contribution in [0.2, 0.25) is 0 Å². The quantitative estimate of drug-likeness (QED) is 0.775. The van der Waals surface area contributed by atoms with Gasteiger partial charge in [-0.1, -0.05) is 24.3 Å². The van der Waals surface area contributed by atoms with E-state index in [0.717, 1.165) is 10.9 Å². The molecule has 0 fully saturated rings. The van der Waals surface area contributed by atoms with E-state index in [4.69, 9.17) is 4.74 Å². The first-order valence-electron chi connectivity index (χ1n) is 7.66.